The molecule has 0 saturated heterocycles. The first kappa shape index (κ1) is 18.5. The molecule has 8 heteroatoms. The summed E-state index contributed by atoms with van der Waals surface area (Å²) in [6.07, 6.45) is 2.38. The third-order valence-electron chi connectivity index (χ3n) is 4.03. The SMILES string of the molecule is CNC(Cc1c[nH]c2ccccc12)C(=O)NC(CN=C(N)N)C(C)=O. The van der Waals surface area contributed by atoms with Crippen LogP contribution in [0.5, 0.6) is 0 Å². The van der Waals surface area contributed by atoms with E-state index < -0.39 is 12.1 Å². The van der Waals surface area contributed by atoms with Crippen molar-refractivity contribution in [1.29, 1.82) is 0 Å². The van der Waals surface area contributed by atoms with E-state index in [4.69, 9.17) is 11.5 Å². The Morgan fingerprint density at radius 2 is 1.96 bits per heavy atom. The van der Waals surface area contributed by atoms with E-state index in [1.54, 1.807) is 7.05 Å². The van der Waals surface area contributed by atoms with Crippen LogP contribution in [0.15, 0.2) is 35.5 Å². The van der Waals surface area contributed by atoms with Gasteiger partial charge < -0.3 is 27.1 Å². The predicted octanol–water partition coefficient (Wildman–Crippen LogP) is -0.354. The fourth-order valence-corrected chi connectivity index (χ4v) is 2.59. The molecule has 134 valence electrons. The van der Waals surface area contributed by atoms with E-state index in [1.807, 2.05) is 30.5 Å². The Morgan fingerprint density at radius 1 is 1.24 bits per heavy atom. The van der Waals surface area contributed by atoms with Crippen LogP contribution in [0.25, 0.3) is 10.9 Å². The van der Waals surface area contributed by atoms with Crippen LogP contribution in [-0.2, 0) is 16.0 Å². The molecular weight excluding hydrogens is 320 g/mol. The van der Waals surface area contributed by atoms with Gasteiger partial charge in [0.1, 0.15) is 6.04 Å². The number of benzene rings is 1. The van der Waals surface area contributed by atoms with Crippen molar-refractivity contribution in [2.75, 3.05) is 13.6 Å². The molecule has 0 aliphatic rings. The number of nitrogens with one attached hydrogen (secondary N) is 3. The molecule has 1 aromatic heterocycles. The van der Waals surface area contributed by atoms with E-state index in [1.165, 1.54) is 6.92 Å². The van der Waals surface area contributed by atoms with Gasteiger partial charge >= 0.3 is 0 Å². The molecule has 0 aliphatic heterocycles. The van der Waals surface area contributed by atoms with Gasteiger partial charge in [0.05, 0.1) is 12.6 Å². The minimum Gasteiger partial charge on any atom is -0.370 e. The highest BCUT2D eigenvalue weighted by Gasteiger charge is 2.23. The summed E-state index contributed by atoms with van der Waals surface area (Å²) in [5, 5.41) is 6.76. The van der Waals surface area contributed by atoms with Gasteiger partial charge in [-0.15, -0.1) is 0 Å². The molecule has 1 heterocycles. The lowest BCUT2D eigenvalue weighted by atomic mass is 10.0. The molecule has 2 rings (SSSR count). The fraction of sp³-hybridized carbons (Fsp3) is 0.353. The van der Waals surface area contributed by atoms with Crippen LogP contribution >= 0.6 is 0 Å². The second-order valence-electron chi connectivity index (χ2n) is 5.84. The lowest BCUT2D eigenvalue weighted by molar-refractivity contribution is -0.127. The number of Topliss-reactive ketones (excluding diaryl/α,β-unsaturated/α-hetero) is 1. The van der Waals surface area contributed by atoms with Gasteiger partial charge in [0.2, 0.25) is 5.91 Å². The molecule has 1 amide bonds. The number of aromatic amines is 1. The number of carbonyl (C=O) groups excluding carboxylic acids is 2. The van der Waals surface area contributed by atoms with E-state index in [2.05, 4.69) is 20.6 Å². The van der Waals surface area contributed by atoms with Gasteiger partial charge in [-0.3, -0.25) is 14.6 Å². The van der Waals surface area contributed by atoms with Gasteiger partial charge in [0, 0.05) is 17.1 Å². The third-order valence-corrected chi connectivity index (χ3v) is 4.03. The maximum Gasteiger partial charge on any atom is 0.238 e. The van der Waals surface area contributed by atoms with Crippen molar-refractivity contribution in [3.8, 4) is 0 Å². The standard InChI is InChI=1S/C17H24N6O2/c1-10(24)15(9-22-17(18)19)23-16(25)14(20-2)7-11-8-21-13-6-4-3-5-12(11)13/h3-6,8,14-15,20-21H,7,9H2,1-2H3,(H,23,25)(H4,18,19,22). The van der Waals surface area contributed by atoms with Crippen molar-refractivity contribution in [1.82, 2.24) is 15.6 Å². The van der Waals surface area contributed by atoms with Gasteiger partial charge in [0.25, 0.3) is 0 Å². The van der Waals surface area contributed by atoms with Crippen LogP contribution in [-0.4, -0.2) is 48.3 Å². The highest BCUT2D eigenvalue weighted by atomic mass is 16.2. The van der Waals surface area contributed by atoms with E-state index in [-0.39, 0.29) is 24.2 Å². The number of guanidine groups is 1. The molecule has 0 spiro atoms. The van der Waals surface area contributed by atoms with E-state index in [9.17, 15) is 9.59 Å². The van der Waals surface area contributed by atoms with Gasteiger partial charge in [-0.1, -0.05) is 18.2 Å². The molecule has 2 aromatic rings. The summed E-state index contributed by atoms with van der Waals surface area (Å²) in [4.78, 5) is 31.3. The maximum absolute atomic E-state index is 12.5. The van der Waals surface area contributed by atoms with Crippen molar-refractivity contribution < 1.29 is 9.59 Å². The highest BCUT2D eigenvalue weighted by Crippen LogP contribution is 2.19. The quantitative estimate of drug-likeness (QED) is 0.329. The number of rotatable bonds is 8. The number of carbonyl (C=O) groups is 2. The Bertz CT molecular complexity index is 778. The number of aliphatic imine (C=N–C) groups is 1. The molecule has 7 N–H and O–H groups in total. The lowest BCUT2D eigenvalue weighted by Crippen LogP contribution is -2.51. The molecule has 0 radical (unpaired) electrons. The van der Waals surface area contributed by atoms with Crippen LogP contribution < -0.4 is 22.1 Å². The summed E-state index contributed by atoms with van der Waals surface area (Å²) in [6.45, 7) is 1.41. The number of nitrogens with two attached hydrogens (primary N) is 2. The first-order chi connectivity index (χ1) is 11.9. The molecule has 0 aliphatic carbocycles. The largest absolute Gasteiger partial charge is 0.370 e. The Labute approximate surface area is 146 Å². The number of likely N-dealkylation sites (N-methyl/N-ethyl adjacent to an activating group) is 1. The molecule has 2 unspecified atom stereocenters. The zero-order valence-corrected chi connectivity index (χ0v) is 14.4. The predicted molar refractivity (Wildman–Crippen MR) is 98.1 cm³/mol. The summed E-state index contributed by atoms with van der Waals surface area (Å²) in [7, 11) is 1.71. The van der Waals surface area contributed by atoms with E-state index >= 15 is 0 Å². The number of amides is 1. The summed E-state index contributed by atoms with van der Waals surface area (Å²) in [6, 6.07) is 6.65. The first-order valence-corrected chi connectivity index (χ1v) is 8.00. The molecule has 8 nitrogen and oxygen atoms in total. The number of para-hydroxylation sites is 1. The van der Waals surface area contributed by atoms with E-state index in [0.717, 1.165) is 16.5 Å². The van der Waals surface area contributed by atoms with Crippen LogP contribution in [0.4, 0.5) is 0 Å². The second kappa shape index (κ2) is 8.29. The minimum absolute atomic E-state index is 0.0208. The Hall–Kier alpha value is -2.87. The van der Waals surface area contributed by atoms with Gasteiger partial charge in [-0.25, -0.2) is 0 Å². The summed E-state index contributed by atoms with van der Waals surface area (Å²) < 4.78 is 0. The zero-order chi connectivity index (χ0) is 18.4. The average Bonchev–Trinajstić information content (AvgIpc) is 2.98. The third kappa shape index (κ3) is 4.80. The fourth-order valence-electron chi connectivity index (χ4n) is 2.59. The van der Waals surface area contributed by atoms with Crippen LogP contribution in [0, 0.1) is 0 Å². The topological polar surface area (TPSA) is 138 Å². The summed E-state index contributed by atoms with van der Waals surface area (Å²) in [5.41, 5.74) is 12.6. The number of hydrogen-bond acceptors (Lipinski definition) is 4. The Morgan fingerprint density at radius 3 is 2.60 bits per heavy atom. The number of aromatic nitrogens is 1. The summed E-state index contributed by atoms with van der Waals surface area (Å²) in [5.74, 6) is -0.608. The Kier molecular flexibility index (Phi) is 6.13. The normalized spacial score (nSPS) is 13.2. The second-order valence-corrected chi connectivity index (χ2v) is 5.84. The van der Waals surface area contributed by atoms with Crippen molar-refractivity contribution >= 4 is 28.6 Å². The van der Waals surface area contributed by atoms with Crippen molar-refractivity contribution in [3.63, 3.8) is 0 Å². The molecule has 2 atom stereocenters. The van der Waals surface area contributed by atoms with Crippen molar-refractivity contribution in [3.05, 3.63) is 36.0 Å². The molecule has 0 bridgehead atoms. The number of hydrogen-bond donors (Lipinski definition) is 5. The molecule has 0 fully saturated rings. The zero-order valence-electron chi connectivity index (χ0n) is 14.4. The number of fused-ring (bicyclic) bond motifs is 1. The van der Waals surface area contributed by atoms with Gasteiger partial charge in [-0.2, -0.15) is 0 Å². The Balaban J connectivity index is 2.09. The molecule has 1 aromatic carbocycles. The monoisotopic (exact) mass is 344 g/mol. The van der Waals surface area contributed by atoms with Crippen molar-refractivity contribution in [2.45, 2.75) is 25.4 Å². The first-order valence-electron chi connectivity index (χ1n) is 8.00. The molecule has 0 saturated carbocycles. The van der Waals surface area contributed by atoms with Gasteiger partial charge in [-0.05, 0) is 32.0 Å². The average molecular weight is 344 g/mol. The molecule has 25 heavy (non-hydrogen) atoms. The highest BCUT2D eigenvalue weighted by molar-refractivity contribution is 5.91. The molecular formula is C17H24N6O2. The van der Waals surface area contributed by atoms with Crippen LogP contribution in [0.1, 0.15) is 12.5 Å². The smallest absolute Gasteiger partial charge is 0.238 e. The van der Waals surface area contributed by atoms with Crippen LogP contribution in [0.2, 0.25) is 0 Å². The summed E-state index contributed by atoms with van der Waals surface area (Å²) >= 11 is 0. The van der Waals surface area contributed by atoms with Crippen LogP contribution in [0.3, 0.4) is 0 Å². The number of nitrogens with zero attached hydrogens (tertiary/aromatic N) is 1. The maximum atomic E-state index is 12.5. The van der Waals surface area contributed by atoms with Crippen molar-refractivity contribution in [2.24, 2.45) is 16.5 Å². The number of ketones is 1. The number of H-pyrrole nitrogens is 1. The lowest BCUT2D eigenvalue weighted by Gasteiger charge is -2.20. The van der Waals surface area contributed by atoms with Gasteiger partial charge in [0.15, 0.2) is 11.7 Å². The minimum atomic E-state index is -0.756. The van der Waals surface area contributed by atoms with E-state index in [0.29, 0.717) is 6.42 Å².